The number of nitrogens with two attached hydrogens (primary N) is 1. The molecule has 0 saturated heterocycles. The third kappa shape index (κ3) is 13.9. The van der Waals surface area contributed by atoms with Gasteiger partial charge in [-0.2, -0.15) is 0 Å². The topological polar surface area (TPSA) is 69.4 Å². The molecule has 0 atom stereocenters. The SMILES string of the molecule is CC(C)CCCOCCCCS(N)(=O)=O. The molecule has 4 nitrogen and oxygen atoms in total. The minimum Gasteiger partial charge on any atom is -0.381 e. The van der Waals surface area contributed by atoms with E-state index in [4.69, 9.17) is 9.88 Å². The Morgan fingerprint density at radius 2 is 1.73 bits per heavy atom. The van der Waals surface area contributed by atoms with Crippen LogP contribution in [0.1, 0.15) is 39.5 Å². The Kier molecular flexibility index (Phi) is 8.00. The second-order valence-electron chi connectivity index (χ2n) is 4.22. The molecule has 0 unspecified atom stereocenters. The highest BCUT2D eigenvalue weighted by atomic mass is 32.2. The Morgan fingerprint density at radius 1 is 1.13 bits per heavy atom. The van der Waals surface area contributed by atoms with Crippen LogP contribution in [0.15, 0.2) is 0 Å². The lowest BCUT2D eigenvalue weighted by atomic mass is 10.1. The molecule has 2 N–H and O–H groups in total. The van der Waals surface area contributed by atoms with Gasteiger partial charge in [0.25, 0.3) is 0 Å². The van der Waals surface area contributed by atoms with Crippen LogP contribution >= 0.6 is 0 Å². The summed E-state index contributed by atoms with van der Waals surface area (Å²) in [4.78, 5) is 0. The van der Waals surface area contributed by atoms with Gasteiger partial charge < -0.3 is 4.74 Å². The molecular weight excluding hydrogens is 214 g/mol. The lowest BCUT2D eigenvalue weighted by Gasteiger charge is -2.05. The second kappa shape index (κ2) is 8.07. The predicted octanol–water partition coefficient (Wildman–Crippen LogP) is 1.51. The summed E-state index contributed by atoms with van der Waals surface area (Å²) in [5, 5.41) is 4.86. The molecule has 0 radical (unpaired) electrons. The van der Waals surface area contributed by atoms with Gasteiger partial charge in [-0.25, -0.2) is 13.6 Å². The van der Waals surface area contributed by atoms with Crippen molar-refractivity contribution in [2.75, 3.05) is 19.0 Å². The number of rotatable bonds is 9. The van der Waals surface area contributed by atoms with Crippen LogP contribution in [0.4, 0.5) is 0 Å². The van der Waals surface area contributed by atoms with Gasteiger partial charge in [0.15, 0.2) is 0 Å². The molecule has 0 aliphatic heterocycles. The molecule has 0 rings (SSSR count). The monoisotopic (exact) mass is 237 g/mol. The van der Waals surface area contributed by atoms with Crippen LogP contribution in [0.3, 0.4) is 0 Å². The van der Waals surface area contributed by atoms with Gasteiger partial charge in [-0.3, -0.25) is 0 Å². The Labute approximate surface area is 93.2 Å². The Hall–Kier alpha value is -0.130. The van der Waals surface area contributed by atoms with Crippen molar-refractivity contribution in [3.05, 3.63) is 0 Å². The van der Waals surface area contributed by atoms with Crippen molar-refractivity contribution in [3.8, 4) is 0 Å². The zero-order valence-corrected chi connectivity index (χ0v) is 10.6. The zero-order chi connectivity index (χ0) is 11.7. The summed E-state index contributed by atoms with van der Waals surface area (Å²) < 4.78 is 26.5. The van der Waals surface area contributed by atoms with Crippen LogP contribution in [0, 0.1) is 5.92 Å². The second-order valence-corrected chi connectivity index (χ2v) is 5.96. The van der Waals surface area contributed by atoms with Crippen LogP contribution in [0.25, 0.3) is 0 Å². The third-order valence-electron chi connectivity index (χ3n) is 2.04. The van der Waals surface area contributed by atoms with Crippen molar-refractivity contribution < 1.29 is 13.2 Å². The number of primary sulfonamides is 1. The standard InChI is InChI=1S/C10H23NO3S/c1-10(2)6-5-8-14-7-3-4-9-15(11,12)13/h10H,3-9H2,1-2H3,(H2,11,12,13). The maximum Gasteiger partial charge on any atom is 0.209 e. The summed E-state index contributed by atoms with van der Waals surface area (Å²) in [5.74, 6) is 0.776. The third-order valence-corrected chi connectivity index (χ3v) is 2.90. The van der Waals surface area contributed by atoms with Gasteiger partial charge in [0.05, 0.1) is 5.75 Å². The van der Waals surface area contributed by atoms with E-state index < -0.39 is 10.0 Å². The van der Waals surface area contributed by atoms with Crippen molar-refractivity contribution in [3.63, 3.8) is 0 Å². The van der Waals surface area contributed by atoms with E-state index in [1.807, 2.05) is 0 Å². The van der Waals surface area contributed by atoms with E-state index in [1.54, 1.807) is 0 Å². The Balaban J connectivity index is 3.12. The van der Waals surface area contributed by atoms with Crippen molar-refractivity contribution in [1.82, 2.24) is 0 Å². The van der Waals surface area contributed by atoms with E-state index >= 15 is 0 Å². The normalized spacial score (nSPS) is 12.3. The number of unbranched alkanes of at least 4 members (excludes halogenated alkanes) is 1. The van der Waals surface area contributed by atoms with Gasteiger partial charge in [0.1, 0.15) is 0 Å². The molecule has 0 heterocycles. The van der Waals surface area contributed by atoms with Gasteiger partial charge in [-0.05, 0) is 31.6 Å². The average molecular weight is 237 g/mol. The summed E-state index contributed by atoms with van der Waals surface area (Å²) in [5.41, 5.74) is 0. The molecule has 15 heavy (non-hydrogen) atoms. The molecule has 0 saturated carbocycles. The Morgan fingerprint density at radius 3 is 2.27 bits per heavy atom. The smallest absolute Gasteiger partial charge is 0.209 e. The molecule has 0 spiro atoms. The first-order valence-corrected chi connectivity index (χ1v) is 7.21. The van der Waals surface area contributed by atoms with Gasteiger partial charge in [0.2, 0.25) is 10.0 Å². The van der Waals surface area contributed by atoms with Crippen LogP contribution in [-0.2, 0) is 14.8 Å². The van der Waals surface area contributed by atoms with Crippen LogP contribution in [-0.4, -0.2) is 27.4 Å². The summed E-state index contributed by atoms with van der Waals surface area (Å²) in [7, 11) is -3.29. The largest absolute Gasteiger partial charge is 0.381 e. The fraction of sp³-hybridized carbons (Fsp3) is 1.00. The van der Waals surface area contributed by atoms with E-state index in [9.17, 15) is 8.42 Å². The predicted molar refractivity (Wildman–Crippen MR) is 62.1 cm³/mol. The van der Waals surface area contributed by atoms with Crippen molar-refractivity contribution in [1.29, 1.82) is 0 Å². The molecule has 0 aromatic carbocycles. The number of hydrogen-bond acceptors (Lipinski definition) is 3. The van der Waals surface area contributed by atoms with Crippen LogP contribution < -0.4 is 5.14 Å². The first-order valence-electron chi connectivity index (χ1n) is 5.50. The minimum absolute atomic E-state index is 0.0579. The number of ether oxygens (including phenoxy) is 1. The molecule has 0 fully saturated rings. The quantitative estimate of drug-likeness (QED) is 0.618. The summed E-state index contributed by atoms with van der Waals surface area (Å²) in [6.45, 7) is 5.78. The molecular formula is C10H23NO3S. The van der Waals surface area contributed by atoms with E-state index in [1.165, 1.54) is 6.42 Å². The molecule has 5 heteroatoms. The van der Waals surface area contributed by atoms with Crippen LogP contribution in [0.2, 0.25) is 0 Å². The van der Waals surface area contributed by atoms with Crippen LogP contribution in [0.5, 0.6) is 0 Å². The molecule has 0 bridgehead atoms. The average Bonchev–Trinajstić information content (AvgIpc) is 2.07. The first-order chi connectivity index (χ1) is 6.92. The first kappa shape index (κ1) is 14.9. The lowest BCUT2D eigenvalue weighted by Crippen LogP contribution is -2.16. The summed E-state index contributed by atoms with van der Waals surface area (Å²) in [6, 6.07) is 0. The van der Waals surface area contributed by atoms with Crippen molar-refractivity contribution in [2.45, 2.75) is 39.5 Å². The maximum atomic E-state index is 10.6. The Bertz CT molecular complexity index is 237. The van der Waals surface area contributed by atoms with E-state index in [0.717, 1.165) is 25.4 Å². The van der Waals surface area contributed by atoms with Crippen molar-refractivity contribution >= 4 is 10.0 Å². The maximum absolute atomic E-state index is 10.6. The summed E-state index contributed by atoms with van der Waals surface area (Å²) in [6.07, 6.45) is 3.60. The molecule has 0 aliphatic rings. The van der Waals surface area contributed by atoms with E-state index in [0.29, 0.717) is 13.0 Å². The molecule has 92 valence electrons. The van der Waals surface area contributed by atoms with Gasteiger partial charge in [-0.1, -0.05) is 13.8 Å². The van der Waals surface area contributed by atoms with Crippen molar-refractivity contribution in [2.24, 2.45) is 11.1 Å². The van der Waals surface area contributed by atoms with Gasteiger partial charge >= 0.3 is 0 Å². The highest BCUT2D eigenvalue weighted by Crippen LogP contribution is 2.03. The van der Waals surface area contributed by atoms with E-state index in [2.05, 4.69) is 13.8 Å². The van der Waals surface area contributed by atoms with Gasteiger partial charge in [-0.15, -0.1) is 0 Å². The number of hydrogen-bond donors (Lipinski definition) is 1. The fourth-order valence-electron chi connectivity index (χ4n) is 1.20. The molecule has 0 aromatic heterocycles. The highest BCUT2D eigenvalue weighted by molar-refractivity contribution is 7.89. The van der Waals surface area contributed by atoms with E-state index in [-0.39, 0.29) is 5.75 Å². The zero-order valence-electron chi connectivity index (χ0n) is 9.74. The fourth-order valence-corrected chi connectivity index (χ4v) is 1.81. The summed E-state index contributed by atoms with van der Waals surface area (Å²) >= 11 is 0. The molecule has 0 aliphatic carbocycles. The number of sulfonamides is 1. The molecule has 0 amide bonds. The highest BCUT2D eigenvalue weighted by Gasteiger charge is 2.01. The lowest BCUT2D eigenvalue weighted by molar-refractivity contribution is 0.125. The minimum atomic E-state index is -3.29. The molecule has 0 aromatic rings. The van der Waals surface area contributed by atoms with Gasteiger partial charge in [0, 0.05) is 13.2 Å².